The number of rotatable bonds is 5. The first-order valence-corrected chi connectivity index (χ1v) is 6.97. The molecule has 1 aliphatic heterocycles. The Kier molecular flexibility index (Phi) is 4.62. The number of hydrogen-bond donors (Lipinski definition) is 2. The van der Waals surface area contributed by atoms with Gasteiger partial charge in [-0.05, 0) is 26.5 Å². The first kappa shape index (κ1) is 14.8. The van der Waals surface area contributed by atoms with E-state index in [0.717, 1.165) is 25.4 Å². The number of likely N-dealkylation sites (N-methyl/N-ethyl adjacent to an activating group) is 1. The third-order valence-corrected chi connectivity index (χ3v) is 4.06. The number of hydrogen-bond acceptors (Lipinski definition) is 4. The normalized spacial score (nSPS) is 18.5. The number of nitrogens with zero attached hydrogens (tertiary/aromatic N) is 1. The van der Waals surface area contributed by atoms with Crippen LogP contribution in [0.15, 0.2) is 24.3 Å². The van der Waals surface area contributed by atoms with Crippen molar-refractivity contribution in [3.63, 3.8) is 0 Å². The van der Waals surface area contributed by atoms with E-state index in [-0.39, 0.29) is 5.91 Å². The SMILES string of the molecule is CNC(C)(CCN1CCOc2ccccc2C1)C(N)=O. The molecule has 0 spiro atoms. The lowest BCUT2D eigenvalue weighted by atomic mass is 9.97. The van der Waals surface area contributed by atoms with E-state index in [4.69, 9.17) is 10.5 Å². The number of nitrogens with one attached hydrogen (secondary N) is 1. The Morgan fingerprint density at radius 2 is 2.25 bits per heavy atom. The van der Waals surface area contributed by atoms with Gasteiger partial charge in [0.2, 0.25) is 5.91 Å². The van der Waals surface area contributed by atoms with Crippen molar-refractivity contribution in [3.05, 3.63) is 29.8 Å². The lowest BCUT2D eigenvalue weighted by Gasteiger charge is -2.29. The van der Waals surface area contributed by atoms with Gasteiger partial charge >= 0.3 is 0 Å². The maximum Gasteiger partial charge on any atom is 0.237 e. The number of ether oxygens (including phenoxy) is 1. The molecule has 20 heavy (non-hydrogen) atoms. The lowest BCUT2D eigenvalue weighted by molar-refractivity contribution is -0.124. The van der Waals surface area contributed by atoms with Gasteiger partial charge in [-0.25, -0.2) is 0 Å². The van der Waals surface area contributed by atoms with Gasteiger partial charge < -0.3 is 15.8 Å². The van der Waals surface area contributed by atoms with E-state index in [1.807, 2.05) is 25.1 Å². The number of amides is 1. The van der Waals surface area contributed by atoms with E-state index in [0.29, 0.717) is 13.0 Å². The summed E-state index contributed by atoms with van der Waals surface area (Å²) in [5.74, 6) is 0.646. The predicted molar refractivity (Wildman–Crippen MR) is 78.5 cm³/mol. The summed E-state index contributed by atoms with van der Waals surface area (Å²) in [6, 6.07) is 8.09. The fraction of sp³-hybridized carbons (Fsp3) is 0.533. The minimum atomic E-state index is -0.660. The highest BCUT2D eigenvalue weighted by Gasteiger charge is 2.29. The molecule has 5 heteroatoms. The summed E-state index contributed by atoms with van der Waals surface area (Å²) in [5.41, 5.74) is 5.99. The van der Waals surface area contributed by atoms with Crippen molar-refractivity contribution in [3.8, 4) is 5.75 Å². The lowest BCUT2D eigenvalue weighted by Crippen LogP contribution is -2.53. The Balaban J connectivity index is 1.99. The number of fused-ring (bicyclic) bond motifs is 1. The van der Waals surface area contributed by atoms with E-state index < -0.39 is 5.54 Å². The number of carbonyl (C=O) groups excluding carboxylic acids is 1. The van der Waals surface area contributed by atoms with Crippen molar-refractivity contribution in [1.82, 2.24) is 10.2 Å². The average molecular weight is 277 g/mol. The minimum Gasteiger partial charge on any atom is -0.492 e. The molecule has 0 aromatic heterocycles. The minimum absolute atomic E-state index is 0.313. The Hall–Kier alpha value is -1.59. The van der Waals surface area contributed by atoms with E-state index in [9.17, 15) is 4.79 Å². The van der Waals surface area contributed by atoms with Crippen LogP contribution in [0.2, 0.25) is 0 Å². The van der Waals surface area contributed by atoms with Crippen LogP contribution in [-0.4, -0.2) is 43.1 Å². The van der Waals surface area contributed by atoms with Crippen LogP contribution in [0.4, 0.5) is 0 Å². The molecule has 1 aromatic carbocycles. The predicted octanol–water partition coefficient (Wildman–Crippen LogP) is 0.734. The molecule has 0 radical (unpaired) electrons. The standard InChI is InChI=1S/C15H23N3O2/c1-15(17-2,14(16)19)7-8-18-9-10-20-13-6-4-3-5-12(13)11-18/h3-6,17H,7-11H2,1-2H3,(H2,16,19). The first-order chi connectivity index (χ1) is 9.55. The number of para-hydroxylation sites is 1. The second-order valence-electron chi connectivity index (χ2n) is 5.43. The highest BCUT2D eigenvalue weighted by molar-refractivity contribution is 5.84. The zero-order chi connectivity index (χ0) is 14.6. The fourth-order valence-corrected chi connectivity index (χ4v) is 2.32. The van der Waals surface area contributed by atoms with Crippen LogP contribution in [0.25, 0.3) is 0 Å². The summed E-state index contributed by atoms with van der Waals surface area (Å²) < 4.78 is 5.74. The number of primary amides is 1. The maximum atomic E-state index is 11.5. The monoisotopic (exact) mass is 277 g/mol. The van der Waals surface area contributed by atoms with Crippen molar-refractivity contribution in [2.45, 2.75) is 25.4 Å². The second-order valence-corrected chi connectivity index (χ2v) is 5.43. The summed E-state index contributed by atoms with van der Waals surface area (Å²) in [6.07, 6.45) is 0.682. The van der Waals surface area contributed by atoms with Crippen LogP contribution in [0.3, 0.4) is 0 Å². The van der Waals surface area contributed by atoms with Gasteiger partial charge in [0.25, 0.3) is 0 Å². The molecule has 110 valence electrons. The van der Waals surface area contributed by atoms with Crippen molar-refractivity contribution >= 4 is 5.91 Å². The van der Waals surface area contributed by atoms with E-state index >= 15 is 0 Å². The van der Waals surface area contributed by atoms with E-state index in [2.05, 4.69) is 16.3 Å². The Bertz CT molecular complexity index is 478. The van der Waals surface area contributed by atoms with Crippen molar-refractivity contribution < 1.29 is 9.53 Å². The van der Waals surface area contributed by atoms with Crippen LogP contribution in [0.1, 0.15) is 18.9 Å². The summed E-state index contributed by atoms with van der Waals surface area (Å²) >= 11 is 0. The molecule has 1 amide bonds. The highest BCUT2D eigenvalue weighted by Crippen LogP contribution is 2.23. The third-order valence-electron chi connectivity index (χ3n) is 4.06. The largest absolute Gasteiger partial charge is 0.492 e. The summed E-state index contributed by atoms with van der Waals surface area (Å²) in [5, 5.41) is 3.02. The summed E-state index contributed by atoms with van der Waals surface area (Å²) in [6.45, 7) is 5.02. The van der Waals surface area contributed by atoms with Crippen LogP contribution in [0.5, 0.6) is 5.75 Å². The fourth-order valence-electron chi connectivity index (χ4n) is 2.32. The van der Waals surface area contributed by atoms with Gasteiger partial charge in [-0.3, -0.25) is 9.69 Å². The molecule has 5 nitrogen and oxygen atoms in total. The zero-order valence-electron chi connectivity index (χ0n) is 12.2. The molecule has 0 bridgehead atoms. The molecule has 0 saturated carbocycles. The van der Waals surface area contributed by atoms with Crippen LogP contribution < -0.4 is 15.8 Å². The Labute approximate surface area is 120 Å². The number of benzene rings is 1. The molecule has 0 saturated heterocycles. The molecule has 0 aliphatic carbocycles. The highest BCUT2D eigenvalue weighted by atomic mass is 16.5. The van der Waals surface area contributed by atoms with Crippen LogP contribution >= 0.6 is 0 Å². The third kappa shape index (κ3) is 3.29. The van der Waals surface area contributed by atoms with Crippen molar-refractivity contribution in [2.24, 2.45) is 5.73 Å². The maximum absolute atomic E-state index is 11.5. The number of carbonyl (C=O) groups is 1. The summed E-state index contributed by atoms with van der Waals surface area (Å²) in [7, 11) is 1.77. The average Bonchev–Trinajstić information content (AvgIpc) is 2.66. The molecule has 3 N–H and O–H groups in total. The zero-order valence-corrected chi connectivity index (χ0v) is 12.2. The van der Waals surface area contributed by atoms with Crippen molar-refractivity contribution in [2.75, 3.05) is 26.7 Å². The molecule has 1 unspecified atom stereocenters. The molecule has 1 aromatic rings. The molecular weight excluding hydrogens is 254 g/mol. The van der Waals surface area contributed by atoms with Gasteiger partial charge in [-0.1, -0.05) is 18.2 Å². The quantitative estimate of drug-likeness (QED) is 0.833. The molecule has 1 atom stereocenters. The van der Waals surface area contributed by atoms with Crippen LogP contribution in [-0.2, 0) is 11.3 Å². The first-order valence-electron chi connectivity index (χ1n) is 6.97. The smallest absolute Gasteiger partial charge is 0.237 e. The van der Waals surface area contributed by atoms with Gasteiger partial charge in [0.15, 0.2) is 0 Å². The molecule has 1 aliphatic rings. The topological polar surface area (TPSA) is 67.6 Å². The van der Waals surface area contributed by atoms with E-state index in [1.165, 1.54) is 5.56 Å². The molecule has 2 rings (SSSR count). The van der Waals surface area contributed by atoms with Gasteiger partial charge in [-0.15, -0.1) is 0 Å². The second kappa shape index (κ2) is 6.24. The summed E-state index contributed by atoms with van der Waals surface area (Å²) in [4.78, 5) is 13.8. The Morgan fingerprint density at radius 1 is 1.50 bits per heavy atom. The van der Waals surface area contributed by atoms with Gasteiger partial charge in [-0.2, -0.15) is 0 Å². The van der Waals surface area contributed by atoms with Crippen LogP contribution in [0, 0.1) is 0 Å². The molecule has 1 heterocycles. The van der Waals surface area contributed by atoms with E-state index in [1.54, 1.807) is 7.05 Å². The Morgan fingerprint density at radius 3 is 2.95 bits per heavy atom. The van der Waals surface area contributed by atoms with Crippen molar-refractivity contribution in [1.29, 1.82) is 0 Å². The van der Waals surface area contributed by atoms with Gasteiger partial charge in [0.05, 0.1) is 5.54 Å². The van der Waals surface area contributed by atoms with Gasteiger partial charge in [0.1, 0.15) is 12.4 Å². The molecule has 0 fully saturated rings. The molecular formula is C15H23N3O2. The number of nitrogens with two attached hydrogens (primary N) is 1. The van der Waals surface area contributed by atoms with Gasteiger partial charge in [0, 0.05) is 25.2 Å².